The quantitative estimate of drug-likeness (QED) is 0.423. The molecule has 1 saturated heterocycles. The first-order valence-corrected chi connectivity index (χ1v) is 11.8. The van der Waals surface area contributed by atoms with Crippen LogP contribution >= 0.6 is 0 Å². The average Bonchev–Trinajstić information content (AvgIpc) is 2.88. The van der Waals surface area contributed by atoms with Gasteiger partial charge in [-0.2, -0.15) is 0 Å². The van der Waals surface area contributed by atoms with E-state index in [0.29, 0.717) is 24.4 Å². The van der Waals surface area contributed by atoms with Gasteiger partial charge in [-0.1, -0.05) is 36.4 Å². The number of β-amino-alcohol motifs (C(OH)–C–C–N with tert-alkyl or cyclic N) is 1. The van der Waals surface area contributed by atoms with E-state index < -0.39 is 6.10 Å². The number of piperazine rings is 1. The lowest BCUT2D eigenvalue weighted by molar-refractivity contribution is 0.110. The Morgan fingerprint density at radius 3 is 2.40 bits per heavy atom. The van der Waals surface area contributed by atoms with Gasteiger partial charge in [0.2, 0.25) is 5.56 Å². The summed E-state index contributed by atoms with van der Waals surface area (Å²) >= 11 is 0. The molecule has 3 aromatic carbocycles. The number of hydrogen-bond acceptors (Lipinski definition) is 5. The Hall–Kier alpha value is -3.68. The van der Waals surface area contributed by atoms with Crippen LogP contribution in [0.1, 0.15) is 17.2 Å². The second kappa shape index (κ2) is 10.3. The minimum Gasteiger partial charge on any atom is -0.487 e. The highest BCUT2D eigenvalue weighted by atomic mass is 19.1. The number of pyridine rings is 1. The highest BCUT2D eigenvalue weighted by Gasteiger charge is 2.22. The van der Waals surface area contributed by atoms with Crippen molar-refractivity contribution in [2.45, 2.75) is 12.7 Å². The van der Waals surface area contributed by atoms with Crippen molar-refractivity contribution in [2.24, 2.45) is 0 Å². The zero-order valence-corrected chi connectivity index (χ0v) is 19.4. The predicted octanol–water partition coefficient (Wildman–Crippen LogP) is 4.10. The molecule has 0 saturated carbocycles. The van der Waals surface area contributed by atoms with E-state index in [0.717, 1.165) is 48.4 Å². The maximum Gasteiger partial charge on any atom is 0.248 e. The topological polar surface area (TPSA) is 68.8 Å². The standard InChI is InChI=1S/C28H28FN3O3/c29-21-6-8-22(9-7-21)32-16-14-31(15-17-32)18-25(33)23-10-12-26(28-24(23)11-13-27(34)30-28)35-19-20-4-2-1-3-5-20/h1-13,25,33H,14-19H2,(H,30,34)/t25-/m0/s1. The number of H-pyrrole nitrogens is 1. The van der Waals surface area contributed by atoms with Crippen molar-refractivity contribution < 1.29 is 14.2 Å². The van der Waals surface area contributed by atoms with E-state index in [1.54, 1.807) is 18.2 Å². The van der Waals surface area contributed by atoms with Crippen molar-refractivity contribution in [1.82, 2.24) is 9.88 Å². The fourth-order valence-corrected chi connectivity index (χ4v) is 4.58. The number of anilines is 1. The van der Waals surface area contributed by atoms with Gasteiger partial charge in [-0.3, -0.25) is 9.69 Å². The fourth-order valence-electron chi connectivity index (χ4n) is 4.58. The van der Waals surface area contributed by atoms with Gasteiger partial charge in [-0.05, 0) is 47.5 Å². The number of nitrogens with zero attached hydrogens (tertiary/aromatic N) is 2. The summed E-state index contributed by atoms with van der Waals surface area (Å²) in [6.07, 6.45) is -0.719. The lowest BCUT2D eigenvalue weighted by Gasteiger charge is -2.37. The van der Waals surface area contributed by atoms with Gasteiger partial charge in [-0.15, -0.1) is 0 Å². The third-order valence-corrected chi connectivity index (χ3v) is 6.48. The van der Waals surface area contributed by atoms with Crippen molar-refractivity contribution in [2.75, 3.05) is 37.6 Å². The van der Waals surface area contributed by atoms with Crippen LogP contribution in [0, 0.1) is 5.82 Å². The minimum atomic E-state index is -0.719. The molecule has 1 aliphatic heterocycles. The van der Waals surface area contributed by atoms with Crippen molar-refractivity contribution in [1.29, 1.82) is 0 Å². The molecule has 180 valence electrons. The molecule has 0 bridgehead atoms. The minimum absolute atomic E-state index is 0.217. The molecule has 2 heterocycles. The second-order valence-corrected chi connectivity index (χ2v) is 8.82. The molecule has 0 aliphatic carbocycles. The third-order valence-electron chi connectivity index (χ3n) is 6.48. The van der Waals surface area contributed by atoms with E-state index >= 15 is 0 Å². The first-order chi connectivity index (χ1) is 17.1. The highest BCUT2D eigenvalue weighted by Crippen LogP contribution is 2.31. The molecular formula is C28H28FN3O3. The molecule has 4 aromatic rings. The Balaban J connectivity index is 1.28. The van der Waals surface area contributed by atoms with Crippen LogP contribution in [0.4, 0.5) is 10.1 Å². The van der Waals surface area contributed by atoms with Gasteiger partial charge in [0.15, 0.2) is 0 Å². The van der Waals surface area contributed by atoms with Gasteiger partial charge < -0.3 is 19.7 Å². The molecule has 5 rings (SSSR count). The molecule has 1 atom stereocenters. The normalized spacial score (nSPS) is 15.3. The highest BCUT2D eigenvalue weighted by molar-refractivity contribution is 5.87. The maximum absolute atomic E-state index is 13.2. The SMILES string of the molecule is O=c1ccc2c([C@@H](O)CN3CCN(c4ccc(F)cc4)CC3)ccc(OCc3ccccc3)c2[nH]1. The van der Waals surface area contributed by atoms with Crippen molar-refractivity contribution in [3.8, 4) is 5.75 Å². The van der Waals surface area contributed by atoms with E-state index in [1.807, 2.05) is 42.5 Å². The average molecular weight is 474 g/mol. The van der Waals surface area contributed by atoms with E-state index in [9.17, 15) is 14.3 Å². The van der Waals surface area contributed by atoms with Crippen LogP contribution in [0.5, 0.6) is 5.75 Å². The Kier molecular flexibility index (Phi) is 6.79. The van der Waals surface area contributed by atoms with Crippen LogP contribution in [0.15, 0.2) is 83.7 Å². The fraction of sp³-hybridized carbons (Fsp3) is 0.250. The summed E-state index contributed by atoms with van der Waals surface area (Å²) in [7, 11) is 0. The summed E-state index contributed by atoms with van der Waals surface area (Å²) in [6, 6.07) is 23.3. The predicted molar refractivity (Wildman–Crippen MR) is 135 cm³/mol. The Labute approximate surface area is 203 Å². The summed E-state index contributed by atoms with van der Waals surface area (Å²) in [5.41, 5.74) is 3.16. The van der Waals surface area contributed by atoms with E-state index in [4.69, 9.17) is 4.74 Å². The lowest BCUT2D eigenvalue weighted by atomic mass is 10.0. The molecule has 0 amide bonds. The lowest BCUT2D eigenvalue weighted by Crippen LogP contribution is -2.47. The first-order valence-electron chi connectivity index (χ1n) is 11.8. The van der Waals surface area contributed by atoms with Crippen LogP contribution in [0.2, 0.25) is 0 Å². The molecule has 1 aromatic heterocycles. The summed E-state index contributed by atoms with van der Waals surface area (Å²) in [5.74, 6) is 0.339. The van der Waals surface area contributed by atoms with Gasteiger partial charge in [0.05, 0.1) is 11.6 Å². The van der Waals surface area contributed by atoms with Gasteiger partial charge >= 0.3 is 0 Å². The summed E-state index contributed by atoms with van der Waals surface area (Å²) in [6.45, 7) is 4.06. The smallest absolute Gasteiger partial charge is 0.248 e. The molecule has 2 N–H and O–H groups in total. The van der Waals surface area contributed by atoms with Crippen molar-refractivity contribution in [3.05, 3.63) is 106 Å². The van der Waals surface area contributed by atoms with Gasteiger partial charge in [0.25, 0.3) is 0 Å². The Bertz CT molecular complexity index is 1330. The number of aromatic nitrogens is 1. The van der Waals surface area contributed by atoms with Gasteiger partial charge in [0, 0.05) is 49.9 Å². The van der Waals surface area contributed by atoms with Crippen LogP contribution in [0.3, 0.4) is 0 Å². The summed E-state index contributed by atoms with van der Waals surface area (Å²) < 4.78 is 19.2. The number of ether oxygens (including phenoxy) is 1. The Morgan fingerprint density at radius 2 is 1.66 bits per heavy atom. The number of aliphatic hydroxyl groups is 1. The number of benzene rings is 3. The molecule has 0 spiro atoms. The van der Waals surface area contributed by atoms with Crippen LogP contribution in [0.25, 0.3) is 10.9 Å². The van der Waals surface area contributed by atoms with Crippen LogP contribution < -0.4 is 15.2 Å². The van der Waals surface area contributed by atoms with Crippen molar-refractivity contribution in [3.63, 3.8) is 0 Å². The molecule has 0 radical (unpaired) electrons. The molecule has 6 nitrogen and oxygen atoms in total. The van der Waals surface area contributed by atoms with Crippen LogP contribution in [-0.4, -0.2) is 47.7 Å². The third kappa shape index (κ3) is 5.37. The molecule has 1 aliphatic rings. The van der Waals surface area contributed by atoms with E-state index in [2.05, 4.69) is 14.8 Å². The Morgan fingerprint density at radius 1 is 0.914 bits per heavy atom. The molecule has 0 unspecified atom stereocenters. The number of rotatable bonds is 7. The zero-order valence-electron chi connectivity index (χ0n) is 19.4. The summed E-state index contributed by atoms with van der Waals surface area (Å²) in [4.78, 5) is 19.4. The van der Waals surface area contributed by atoms with Gasteiger partial charge in [0.1, 0.15) is 18.2 Å². The monoisotopic (exact) mass is 473 g/mol. The summed E-state index contributed by atoms with van der Waals surface area (Å²) in [5, 5.41) is 11.9. The second-order valence-electron chi connectivity index (χ2n) is 8.82. The molecule has 35 heavy (non-hydrogen) atoms. The number of fused-ring (bicyclic) bond motifs is 1. The van der Waals surface area contributed by atoms with Gasteiger partial charge in [-0.25, -0.2) is 4.39 Å². The zero-order chi connectivity index (χ0) is 24.2. The number of nitrogens with one attached hydrogen (secondary N) is 1. The van der Waals surface area contributed by atoms with E-state index in [1.165, 1.54) is 18.2 Å². The van der Waals surface area contributed by atoms with Crippen LogP contribution in [-0.2, 0) is 6.61 Å². The number of aromatic amines is 1. The number of hydrogen-bond donors (Lipinski definition) is 2. The first kappa shape index (κ1) is 23.1. The molecule has 1 fully saturated rings. The van der Waals surface area contributed by atoms with E-state index in [-0.39, 0.29) is 11.4 Å². The largest absolute Gasteiger partial charge is 0.487 e. The molecular weight excluding hydrogens is 445 g/mol. The molecule has 7 heteroatoms. The number of aliphatic hydroxyl groups excluding tert-OH is 1. The van der Waals surface area contributed by atoms with Crippen molar-refractivity contribution >= 4 is 16.6 Å². The maximum atomic E-state index is 13.2. The number of halogens is 1.